The van der Waals surface area contributed by atoms with Crippen molar-refractivity contribution < 1.29 is 9.47 Å². The van der Waals surface area contributed by atoms with E-state index < -0.39 is 0 Å². The second-order valence-electron chi connectivity index (χ2n) is 5.07. The van der Waals surface area contributed by atoms with E-state index in [1.807, 2.05) is 42.5 Å². The number of hydrogen-bond acceptors (Lipinski definition) is 2. The molecular weight excluding hydrogens is 352 g/mol. The van der Waals surface area contributed by atoms with Gasteiger partial charge < -0.3 is 9.47 Å². The van der Waals surface area contributed by atoms with Gasteiger partial charge >= 0.3 is 0 Å². The van der Waals surface area contributed by atoms with Gasteiger partial charge in [-0.1, -0.05) is 54.6 Å². The van der Waals surface area contributed by atoms with Crippen molar-refractivity contribution in [3.05, 3.63) is 71.2 Å². The molecule has 0 atom stereocenters. The molecule has 0 aliphatic carbocycles. The zero-order chi connectivity index (χ0) is 16.2. The topological polar surface area (TPSA) is 18.5 Å². The van der Waals surface area contributed by atoms with Gasteiger partial charge in [0.1, 0.15) is 11.5 Å². The van der Waals surface area contributed by atoms with Gasteiger partial charge in [-0.25, -0.2) is 0 Å². The Hall–Kier alpha value is -2.26. The van der Waals surface area contributed by atoms with Gasteiger partial charge in [-0.3, -0.25) is 0 Å². The largest absolute Gasteiger partial charge is 0.496 e. The van der Waals surface area contributed by atoms with Crippen molar-refractivity contribution in [3.63, 3.8) is 0 Å². The first-order chi connectivity index (χ1) is 11.3. The van der Waals surface area contributed by atoms with Gasteiger partial charge in [0, 0.05) is 10.0 Å². The molecule has 0 radical (unpaired) electrons. The lowest BCUT2D eigenvalue weighted by Gasteiger charge is -2.16. The SMILES string of the molecule is COc1cccc(OC)c1-c1cccc(-c2ccccc2)c1Br. The van der Waals surface area contributed by atoms with Crippen molar-refractivity contribution in [3.8, 4) is 33.8 Å². The molecule has 0 unspecified atom stereocenters. The van der Waals surface area contributed by atoms with Gasteiger partial charge in [0.05, 0.1) is 19.8 Å². The maximum Gasteiger partial charge on any atom is 0.130 e. The Morgan fingerprint density at radius 2 is 1.22 bits per heavy atom. The molecule has 0 aromatic heterocycles. The molecule has 3 rings (SSSR count). The first kappa shape index (κ1) is 15.6. The molecule has 0 spiro atoms. The van der Waals surface area contributed by atoms with Crippen molar-refractivity contribution >= 4 is 15.9 Å². The normalized spacial score (nSPS) is 10.4. The van der Waals surface area contributed by atoms with Gasteiger partial charge in [0.15, 0.2) is 0 Å². The fourth-order valence-electron chi connectivity index (χ4n) is 2.68. The first-order valence-corrected chi connectivity index (χ1v) is 8.11. The summed E-state index contributed by atoms with van der Waals surface area (Å²) in [4.78, 5) is 0. The molecule has 23 heavy (non-hydrogen) atoms. The minimum absolute atomic E-state index is 0.787. The van der Waals surface area contributed by atoms with E-state index in [0.29, 0.717) is 0 Å². The van der Waals surface area contributed by atoms with Crippen LogP contribution in [0.15, 0.2) is 71.2 Å². The van der Waals surface area contributed by atoms with E-state index in [2.05, 4.69) is 40.2 Å². The summed E-state index contributed by atoms with van der Waals surface area (Å²) < 4.78 is 12.1. The fourth-order valence-corrected chi connectivity index (χ4v) is 3.37. The lowest BCUT2D eigenvalue weighted by atomic mass is 9.98. The van der Waals surface area contributed by atoms with E-state index in [1.165, 1.54) is 0 Å². The zero-order valence-electron chi connectivity index (χ0n) is 13.0. The summed E-state index contributed by atoms with van der Waals surface area (Å²) in [7, 11) is 3.35. The molecule has 0 aliphatic rings. The van der Waals surface area contributed by atoms with Crippen molar-refractivity contribution in [2.24, 2.45) is 0 Å². The van der Waals surface area contributed by atoms with Crippen LogP contribution in [0, 0.1) is 0 Å². The Morgan fingerprint density at radius 3 is 1.83 bits per heavy atom. The van der Waals surface area contributed by atoms with Gasteiger partial charge in [0.2, 0.25) is 0 Å². The number of benzene rings is 3. The van der Waals surface area contributed by atoms with E-state index in [9.17, 15) is 0 Å². The molecule has 0 amide bonds. The third kappa shape index (κ3) is 2.97. The molecular formula is C20H17BrO2. The van der Waals surface area contributed by atoms with Crippen LogP contribution in [0.3, 0.4) is 0 Å². The van der Waals surface area contributed by atoms with Crippen LogP contribution in [-0.2, 0) is 0 Å². The number of methoxy groups -OCH3 is 2. The van der Waals surface area contributed by atoms with Crippen molar-refractivity contribution in [2.45, 2.75) is 0 Å². The quantitative estimate of drug-likeness (QED) is 0.579. The van der Waals surface area contributed by atoms with Crippen LogP contribution in [0.2, 0.25) is 0 Å². The third-order valence-electron chi connectivity index (χ3n) is 3.78. The molecule has 0 fully saturated rings. The summed E-state index contributed by atoms with van der Waals surface area (Å²) >= 11 is 3.77. The Morgan fingerprint density at radius 1 is 0.652 bits per heavy atom. The van der Waals surface area contributed by atoms with Crippen LogP contribution in [0.4, 0.5) is 0 Å². The second kappa shape index (κ2) is 6.88. The maximum absolute atomic E-state index is 5.54. The van der Waals surface area contributed by atoms with E-state index in [-0.39, 0.29) is 0 Å². The molecule has 0 saturated carbocycles. The van der Waals surface area contributed by atoms with E-state index >= 15 is 0 Å². The van der Waals surface area contributed by atoms with Crippen molar-refractivity contribution in [1.29, 1.82) is 0 Å². The average molecular weight is 369 g/mol. The Kier molecular flexibility index (Phi) is 4.68. The van der Waals surface area contributed by atoms with E-state index in [4.69, 9.17) is 9.47 Å². The highest BCUT2D eigenvalue weighted by molar-refractivity contribution is 9.10. The number of hydrogen-bond donors (Lipinski definition) is 0. The van der Waals surface area contributed by atoms with Crippen LogP contribution in [0.25, 0.3) is 22.3 Å². The highest BCUT2D eigenvalue weighted by Crippen LogP contribution is 2.44. The molecule has 0 saturated heterocycles. The average Bonchev–Trinajstić information content (AvgIpc) is 2.62. The van der Waals surface area contributed by atoms with E-state index in [0.717, 1.165) is 38.2 Å². The molecule has 116 valence electrons. The summed E-state index contributed by atoms with van der Waals surface area (Å²) in [6.45, 7) is 0. The number of rotatable bonds is 4. The molecule has 3 aromatic carbocycles. The highest BCUT2D eigenvalue weighted by Gasteiger charge is 2.17. The predicted molar refractivity (Wildman–Crippen MR) is 98.1 cm³/mol. The molecule has 0 aliphatic heterocycles. The standard InChI is InChI=1S/C20H17BrO2/c1-22-17-12-7-13-18(23-2)19(17)16-11-6-10-15(20(16)21)14-8-4-3-5-9-14/h3-13H,1-2H3. The first-order valence-electron chi connectivity index (χ1n) is 7.31. The molecule has 0 bridgehead atoms. The summed E-state index contributed by atoms with van der Waals surface area (Å²) in [6.07, 6.45) is 0. The highest BCUT2D eigenvalue weighted by atomic mass is 79.9. The van der Waals surface area contributed by atoms with Gasteiger partial charge in [0.25, 0.3) is 0 Å². The summed E-state index contributed by atoms with van der Waals surface area (Å²) in [5.41, 5.74) is 4.29. The van der Waals surface area contributed by atoms with Gasteiger partial charge in [-0.2, -0.15) is 0 Å². The molecule has 0 heterocycles. The van der Waals surface area contributed by atoms with Gasteiger partial charge in [-0.15, -0.1) is 0 Å². The van der Waals surface area contributed by atoms with Crippen LogP contribution < -0.4 is 9.47 Å². The summed E-state index contributed by atoms with van der Waals surface area (Å²) in [6, 6.07) is 22.3. The lowest BCUT2D eigenvalue weighted by molar-refractivity contribution is 0.397. The monoisotopic (exact) mass is 368 g/mol. The van der Waals surface area contributed by atoms with Crippen molar-refractivity contribution in [1.82, 2.24) is 0 Å². The van der Waals surface area contributed by atoms with Crippen LogP contribution in [-0.4, -0.2) is 14.2 Å². The molecule has 0 N–H and O–H groups in total. The number of ether oxygens (including phenoxy) is 2. The molecule has 3 aromatic rings. The molecule has 3 heteroatoms. The van der Waals surface area contributed by atoms with Crippen LogP contribution in [0.5, 0.6) is 11.5 Å². The molecule has 2 nitrogen and oxygen atoms in total. The number of halogens is 1. The minimum Gasteiger partial charge on any atom is -0.496 e. The lowest BCUT2D eigenvalue weighted by Crippen LogP contribution is -1.94. The van der Waals surface area contributed by atoms with Gasteiger partial charge in [-0.05, 0) is 39.2 Å². The van der Waals surface area contributed by atoms with Crippen LogP contribution >= 0.6 is 15.9 Å². The summed E-state index contributed by atoms with van der Waals surface area (Å²) in [5.74, 6) is 1.57. The summed E-state index contributed by atoms with van der Waals surface area (Å²) in [5, 5.41) is 0. The minimum atomic E-state index is 0.787. The smallest absolute Gasteiger partial charge is 0.130 e. The third-order valence-corrected chi connectivity index (χ3v) is 4.64. The predicted octanol–water partition coefficient (Wildman–Crippen LogP) is 5.80. The maximum atomic E-state index is 5.54. The Balaban J connectivity index is 2.23. The van der Waals surface area contributed by atoms with E-state index in [1.54, 1.807) is 14.2 Å². The Labute approximate surface area is 144 Å². The van der Waals surface area contributed by atoms with Crippen LogP contribution in [0.1, 0.15) is 0 Å². The fraction of sp³-hybridized carbons (Fsp3) is 0.100. The zero-order valence-corrected chi connectivity index (χ0v) is 14.6. The second-order valence-corrected chi connectivity index (χ2v) is 5.86. The Bertz CT molecular complexity index is 791. The van der Waals surface area contributed by atoms with Crippen molar-refractivity contribution in [2.75, 3.05) is 14.2 Å².